The third kappa shape index (κ3) is 3.04. The smallest absolute Gasteiger partial charge is 0.159 e. The van der Waals surface area contributed by atoms with Crippen molar-refractivity contribution in [1.82, 2.24) is 0 Å². The summed E-state index contributed by atoms with van der Waals surface area (Å²) >= 11 is 6.04. The van der Waals surface area contributed by atoms with Crippen LogP contribution in [0.25, 0.3) is 0 Å². The number of rotatable bonds is 3. The zero-order chi connectivity index (χ0) is 14.0. The number of anilines is 1. The van der Waals surface area contributed by atoms with E-state index in [-0.39, 0.29) is 6.04 Å². The molecule has 1 atom stereocenters. The van der Waals surface area contributed by atoms with Crippen molar-refractivity contribution in [2.45, 2.75) is 19.9 Å². The van der Waals surface area contributed by atoms with Crippen LogP contribution in [0, 0.1) is 18.6 Å². The van der Waals surface area contributed by atoms with Crippen LogP contribution in [0.3, 0.4) is 0 Å². The van der Waals surface area contributed by atoms with Crippen LogP contribution < -0.4 is 5.32 Å². The van der Waals surface area contributed by atoms with Crippen LogP contribution in [0.1, 0.15) is 24.1 Å². The lowest BCUT2D eigenvalue weighted by molar-refractivity contribution is 0.506. The average Bonchev–Trinajstić information content (AvgIpc) is 2.38. The highest BCUT2D eigenvalue weighted by molar-refractivity contribution is 6.31. The molecular formula is C15H14ClF2N. The van der Waals surface area contributed by atoms with E-state index in [9.17, 15) is 8.78 Å². The Morgan fingerprint density at radius 1 is 1.11 bits per heavy atom. The zero-order valence-corrected chi connectivity index (χ0v) is 11.4. The zero-order valence-electron chi connectivity index (χ0n) is 10.7. The standard InChI is InChI=1S/C15H14ClF2N/c1-9-12(16)4-3-5-15(9)19-10(2)11-6-7-13(17)14(18)8-11/h3-8,10,19H,1-2H3. The van der Waals surface area contributed by atoms with E-state index < -0.39 is 11.6 Å². The molecule has 0 heterocycles. The van der Waals surface area contributed by atoms with Crippen LogP contribution in [0.4, 0.5) is 14.5 Å². The van der Waals surface area contributed by atoms with Crippen molar-refractivity contribution < 1.29 is 8.78 Å². The molecule has 19 heavy (non-hydrogen) atoms. The van der Waals surface area contributed by atoms with Gasteiger partial charge in [-0.1, -0.05) is 23.7 Å². The van der Waals surface area contributed by atoms with Crippen LogP contribution >= 0.6 is 11.6 Å². The monoisotopic (exact) mass is 281 g/mol. The molecule has 1 unspecified atom stereocenters. The highest BCUT2D eigenvalue weighted by Crippen LogP contribution is 2.27. The van der Waals surface area contributed by atoms with Gasteiger partial charge in [0.15, 0.2) is 11.6 Å². The Balaban J connectivity index is 2.23. The third-order valence-corrected chi connectivity index (χ3v) is 3.49. The second-order valence-electron chi connectivity index (χ2n) is 4.45. The molecule has 2 rings (SSSR count). The summed E-state index contributed by atoms with van der Waals surface area (Å²) < 4.78 is 26.1. The summed E-state index contributed by atoms with van der Waals surface area (Å²) in [6.07, 6.45) is 0. The van der Waals surface area contributed by atoms with Crippen LogP contribution in [0.15, 0.2) is 36.4 Å². The molecule has 0 amide bonds. The van der Waals surface area contributed by atoms with Crippen LogP contribution in [-0.4, -0.2) is 0 Å². The van der Waals surface area contributed by atoms with Crippen LogP contribution in [0.2, 0.25) is 5.02 Å². The van der Waals surface area contributed by atoms with Gasteiger partial charge in [-0.25, -0.2) is 8.78 Å². The molecule has 0 saturated carbocycles. The lowest BCUT2D eigenvalue weighted by Gasteiger charge is -2.18. The second-order valence-corrected chi connectivity index (χ2v) is 4.86. The second kappa shape index (κ2) is 5.57. The minimum atomic E-state index is -0.839. The van der Waals surface area contributed by atoms with Crippen molar-refractivity contribution >= 4 is 17.3 Å². The summed E-state index contributed by atoms with van der Waals surface area (Å²) in [4.78, 5) is 0. The van der Waals surface area contributed by atoms with Gasteiger partial charge >= 0.3 is 0 Å². The average molecular weight is 282 g/mol. The Bertz CT molecular complexity index is 599. The fraction of sp³-hybridized carbons (Fsp3) is 0.200. The summed E-state index contributed by atoms with van der Waals surface area (Å²) in [5.41, 5.74) is 2.49. The molecule has 2 aromatic rings. The molecule has 1 nitrogen and oxygen atoms in total. The lowest BCUT2D eigenvalue weighted by Crippen LogP contribution is -2.08. The Labute approximate surface area is 116 Å². The molecule has 0 aliphatic carbocycles. The van der Waals surface area contributed by atoms with Gasteiger partial charge in [0.2, 0.25) is 0 Å². The van der Waals surface area contributed by atoms with Gasteiger partial charge in [0.05, 0.1) is 0 Å². The normalized spacial score (nSPS) is 12.3. The SMILES string of the molecule is Cc1c(Cl)cccc1NC(C)c1ccc(F)c(F)c1. The molecule has 0 saturated heterocycles. The molecule has 4 heteroatoms. The predicted molar refractivity (Wildman–Crippen MR) is 74.6 cm³/mol. The van der Waals surface area contributed by atoms with E-state index in [1.807, 2.05) is 32.0 Å². The van der Waals surface area contributed by atoms with E-state index in [1.54, 1.807) is 6.07 Å². The molecule has 0 radical (unpaired) electrons. The van der Waals surface area contributed by atoms with Crippen molar-refractivity contribution in [3.05, 3.63) is 64.2 Å². The maximum absolute atomic E-state index is 13.2. The summed E-state index contributed by atoms with van der Waals surface area (Å²) in [6, 6.07) is 9.31. The molecule has 0 aromatic heterocycles. The highest BCUT2D eigenvalue weighted by Gasteiger charge is 2.10. The highest BCUT2D eigenvalue weighted by atomic mass is 35.5. The Morgan fingerprint density at radius 3 is 2.53 bits per heavy atom. The predicted octanol–water partition coefficient (Wildman–Crippen LogP) is 5.10. The van der Waals surface area contributed by atoms with Gasteiger partial charge in [0, 0.05) is 16.8 Å². The van der Waals surface area contributed by atoms with E-state index in [0.29, 0.717) is 10.6 Å². The number of halogens is 3. The molecule has 0 aliphatic rings. The molecule has 2 aromatic carbocycles. The summed E-state index contributed by atoms with van der Waals surface area (Å²) in [5, 5.41) is 3.91. The molecule has 0 bridgehead atoms. The number of hydrogen-bond acceptors (Lipinski definition) is 1. The van der Waals surface area contributed by atoms with E-state index in [0.717, 1.165) is 17.3 Å². The minimum Gasteiger partial charge on any atom is -0.378 e. The first-order valence-electron chi connectivity index (χ1n) is 5.95. The third-order valence-electron chi connectivity index (χ3n) is 3.08. The Kier molecular flexibility index (Phi) is 4.05. The molecule has 0 aliphatic heterocycles. The first-order chi connectivity index (χ1) is 8.99. The van der Waals surface area contributed by atoms with Gasteiger partial charge in [-0.3, -0.25) is 0 Å². The first-order valence-corrected chi connectivity index (χ1v) is 6.33. The van der Waals surface area contributed by atoms with Crippen molar-refractivity contribution in [1.29, 1.82) is 0 Å². The van der Waals surface area contributed by atoms with E-state index in [4.69, 9.17) is 11.6 Å². The summed E-state index contributed by atoms with van der Waals surface area (Å²) in [7, 11) is 0. The van der Waals surface area contributed by atoms with Gasteiger partial charge in [-0.05, 0) is 49.2 Å². The lowest BCUT2D eigenvalue weighted by atomic mass is 10.1. The van der Waals surface area contributed by atoms with Gasteiger partial charge < -0.3 is 5.32 Å². The van der Waals surface area contributed by atoms with Crippen LogP contribution in [0.5, 0.6) is 0 Å². The molecule has 0 fully saturated rings. The van der Waals surface area contributed by atoms with E-state index >= 15 is 0 Å². The maximum atomic E-state index is 13.2. The largest absolute Gasteiger partial charge is 0.378 e. The van der Waals surface area contributed by atoms with Crippen molar-refractivity contribution in [3.8, 4) is 0 Å². The van der Waals surface area contributed by atoms with Gasteiger partial charge in [-0.2, -0.15) is 0 Å². The van der Waals surface area contributed by atoms with Crippen LogP contribution in [-0.2, 0) is 0 Å². The molecule has 0 spiro atoms. The Morgan fingerprint density at radius 2 is 1.84 bits per heavy atom. The first kappa shape index (κ1) is 13.8. The fourth-order valence-corrected chi connectivity index (χ4v) is 2.04. The van der Waals surface area contributed by atoms with E-state index in [2.05, 4.69) is 5.32 Å². The van der Waals surface area contributed by atoms with Crippen molar-refractivity contribution in [3.63, 3.8) is 0 Å². The number of benzene rings is 2. The molecule has 1 N–H and O–H groups in total. The van der Waals surface area contributed by atoms with E-state index in [1.165, 1.54) is 6.07 Å². The fourth-order valence-electron chi connectivity index (χ4n) is 1.86. The van der Waals surface area contributed by atoms with Gasteiger partial charge in [-0.15, -0.1) is 0 Å². The van der Waals surface area contributed by atoms with Crippen molar-refractivity contribution in [2.24, 2.45) is 0 Å². The quantitative estimate of drug-likeness (QED) is 0.825. The molecule has 100 valence electrons. The maximum Gasteiger partial charge on any atom is 0.159 e. The molecular weight excluding hydrogens is 268 g/mol. The van der Waals surface area contributed by atoms with Gasteiger partial charge in [0.1, 0.15) is 0 Å². The van der Waals surface area contributed by atoms with Gasteiger partial charge in [0.25, 0.3) is 0 Å². The summed E-state index contributed by atoms with van der Waals surface area (Å²) in [6.45, 7) is 3.79. The summed E-state index contributed by atoms with van der Waals surface area (Å²) in [5.74, 6) is -1.68. The Hall–Kier alpha value is -1.61. The number of hydrogen-bond donors (Lipinski definition) is 1. The topological polar surface area (TPSA) is 12.0 Å². The minimum absolute atomic E-state index is 0.146. The van der Waals surface area contributed by atoms with Crippen molar-refractivity contribution in [2.75, 3.05) is 5.32 Å². The number of nitrogens with one attached hydrogen (secondary N) is 1.